The molecule has 2 aromatic heterocycles. The predicted molar refractivity (Wildman–Crippen MR) is 118 cm³/mol. The molecule has 154 valence electrons. The average molecular weight is 431 g/mol. The lowest BCUT2D eigenvalue weighted by Gasteiger charge is -2.23. The van der Waals surface area contributed by atoms with Gasteiger partial charge in [-0.1, -0.05) is 24.3 Å². The highest BCUT2D eigenvalue weighted by molar-refractivity contribution is 7.13. The molecule has 9 heteroatoms. The van der Waals surface area contributed by atoms with Crippen molar-refractivity contribution in [3.05, 3.63) is 71.9 Å². The Balaban J connectivity index is 1.45. The summed E-state index contributed by atoms with van der Waals surface area (Å²) in [5.74, 6) is 0.491. The number of nitrogens with one attached hydrogen (secondary N) is 2. The summed E-state index contributed by atoms with van der Waals surface area (Å²) in [5, 5.41) is 12.0. The molecule has 1 aliphatic heterocycles. The first-order chi connectivity index (χ1) is 15.1. The molecule has 5 rings (SSSR count). The van der Waals surface area contributed by atoms with Gasteiger partial charge in [0.1, 0.15) is 5.75 Å². The summed E-state index contributed by atoms with van der Waals surface area (Å²) in [6.07, 6.45) is -0.560. The lowest BCUT2D eigenvalue weighted by Crippen LogP contribution is -2.34. The fraction of sp³-hybridized carbons (Fsp3) is 0.0909. The molecule has 0 saturated carbocycles. The number of rotatable bonds is 4. The molecule has 2 aromatic carbocycles. The van der Waals surface area contributed by atoms with Crippen LogP contribution in [-0.2, 0) is 4.79 Å². The Bertz CT molecular complexity index is 1270. The summed E-state index contributed by atoms with van der Waals surface area (Å²) in [6.45, 7) is 1.67. The van der Waals surface area contributed by atoms with Crippen LogP contribution < -0.4 is 15.4 Å². The molecular weight excluding hydrogens is 414 g/mol. The van der Waals surface area contributed by atoms with E-state index in [-0.39, 0.29) is 11.7 Å². The molecule has 0 fully saturated rings. The quantitative estimate of drug-likeness (QED) is 0.510. The van der Waals surface area contributed by atoms with Crippen LogP contribution in [0.5, 0.6) is 5.75 Å². The highest BCUT2D eigenvalue weighted by Crippen LogP contribution is 2.32. The number of nitrogens with zero attached hydrogens (tertiary/aromatic N) is 3. The van der Waals surface area contributed by atoms with Crippen molar-refractivity contribution in [2.75, 3.05) is 10.6 Å². The van der Waals surface area contributed by atoms with E-state index >= 15 is 0 Å². The summed E-state index contributed by atoms with van der Waals surface area (Å²) in [7, 11) is 0. The van der Waals surface area contributed by atoms with Gasteiger partial charge in [0, 0.05) is 5.69 Å². The molecule has 0 saturated heterocycles. The maximum Gasteiger partial charge on any atom is 0.295 e. The third-order valence-corrected chi connectivity index (χ3v) is 5.59. The van der Waals surface area contributed by atoms with Crippen molar-refractivity contribution in [1.82, 2.24) is 14.8 Å². The topological polar surface area (TPSA) is 98.1 Å². The van der Waals surface area contributed by atoms with Crippen LogP contribution in [0.25, 0.3) is 16.4 Å². The zero-order valence-electron chi connectivity index (χ0n) is 16.4. The second kappa shape index (κ2) is 7.69. The number of amides is 2. The van der Waals surface area contributed by atoms with Crippen molar-refractivity contribution in [1.29, 1.82) is 0 Å². The Kier molecular flexibility index (Phi) is 4.72. The molecule has 0 aliphatic carbocycles. The van der Waals surface area contributed by atoms with Crippen molar-refractivity contribution in [2.45, 2.75) is 13.0 Å². The molecule has 0 spiro atoms. The summed E-state index contributed by atoms with van der Waals surface area (Å²) in [5.41, 5.74) is 1.80. The van der Waals surface area contributed by atoms with Gasteiger partial charge in [-0.3, -0.25) is 9.59 Å². The molecule has 2 N–H and O–H groups in total. The first-order valence-electron chi connectivity index (χ1n) is 9.58. The number of para-hydroxylation sites is 1. The molecule has 0 bridgehead atoms. The number of hydrogen-bond acceptors (Lipinski definition) is 6. The standard InChI is InChI=1S/C22H17N5O3S/c1-13-21(28)24-16-12-14(9-10-17(16)30-13)23-22(29)19-25-20(18-8-5-11-31-18)27(26-19)15-6-3-2-4-7-15/h2-13H,1H3,(H,23,29)(H,24,28). The van der Waals surface area contributed by atoms with E-state index in [1.807, 2.05) is 47.8 Å². The largest absolute Gasteiger partial charge is 0.479 e. The number of thiophene rings is 1. The van der Waals surface area contributed by atoms with Gasteiger partial charge in [-0.2, -0.15) is 0 Å². The second-order valence-electron chi connectivity index (χ2n) is 6.90. The third kappa shape index (κ3) is 3.66. The second-order valence-corrected chi connectivity index (χ2v) is 7.85. The van der Waals surface area contributed by atoms with Crippen LogP contribution in [0.4, 0.5) is 11.4 Å². The zero-order chi connectivity index (χ0) is 21.4. The minimum atomic E-state index is -0.560. The summed E-state index contributed by atoms with van der Waals surface area (Å²) in [6, 6.07) is 18.4. The van der Waals surface area contributed by atoms with Crippen LogP contribution in [0, 0.1) is 0 Å². The van der Waals surface area contributed by atoms with E-state index in [2.05, 4.69) is 20.7 Å². The van der Waals surface area contributed by atoms with Crippen LogP contribution in [0.1, 0.15) is 17.5 Å². The van der Waals surface area contributed by atoms with Crippen molar-refractivity contribution >= 4 is 34.5 Å². The Morgan fingerprint density at radius 3 is 2.77 bits per heavy atom. The van der Waals surface area contributed by atoms with Gasteiger partial charge in [0.15, 0.2) is 11.9 Å². The number of fused-ring (bicyclic) bond motifs is 1. The first-order valence-corrected chi connectivity index (χ1v) is 10.5. The molecule has 2 amide bonds. The molecule has 31 heavy (non-hydrogen) atoms. The lowest BCUT2D eigenvalue weighted by molar-refractivity contribution is -0.122. The van der Waals surface area contributed by atoms with Gasteiger partial charge in [-0.25, -0.2) is 9.67 Å². The predicted octanol–water partition coefficient (Wildman–Crippen LogP) is 3.97. The molecular formula is C22H17N5O3S. The normalized spacial score (nSPS) is 15.0. The highest BCUT2D eigenvalue weighted by Gasteiger charge is 2.24. The fourth-order valence-corrected chi connectivity index (χ4v) is 3.89. The van der Waals surface area contributed by atoms with E-state index in [1.165, 1.54) is 11.3 Å². The maximum absolute atomic E-state index is 12.9. The number of aromatic nitrogens is 3. The number of ether oxygens (including phenoxy) is 1. The SMILES string of the molecule is CC1Oc2ccc(NC(=O)c3nc(-c4cccs4)n(-c4ccccc4)n3)cc2NC1=O. The average Bonchev–Trinajstić information content (AvgIpc) is 3.45. The van der Waals surface area contributed by atoms with Crippen molar-refractivity contribution < 1.29 is 14.3 Å². The minimum Gasteiger partial charge on any atom is -0.479 e. The smallest absolute Gasteiger partial charge is 0.295 e. The maximum atomic E-state index is 12.9. The Morgan fingerprint density at radius 2 is 2.00 bits per heavy atom. The van der Waals surface area contributed by atoms with Gasteiger partial charge in [-0.15, -0.1) is 16.4 Å². The van der Waals surface area contributed by atoms with Gasteiger partial charge >= 0.3 is 0 Å². The van der Waals surface area contributed by atoms with E-state index in [9.17, 15) is 9.59 Å². The van der Waals surface area contributed by atoms with E-state index < -0.39 is 12.0 Å². The summed E-state index contributed by atoms with van der Waals surface area (Å²) >= 11 is 1.52. The number of hydrogen-bond donors (Lipinski definition) is 2. The molecule has 8 nitrogen and oxygen atoms in total. The number of carbonyl (C=O) groups excluding carboxylic acids is 2. The number of carbonyl (C=O) groups is 2. The van der Waals surface area contributed by atoms with Crippen LogP contribution in [0.15, 0.2) is 66.0 Å². The van der Waals surface area contributed by atoms with Gasteiger partial charge < -0.3 is 15.4 Å². The molecule has 0 radical (unpaired) electrons. The number of benzene rings is 2. The van der Waals surface area contributed by atoms with E-state index in [0.717, 1.165) is 10.6 Å². The van der Waals surface area contributed by atoms with Crippen LogP contribution in [0.3, 0.4) is 0 Å². The van der Waals surface area contributed by atoms with Gasteiger partial charge in [-0.05, 0) is 48.7 Å². The summed E-state index contributed by atoms with van der Waals surface area (Å²) in [4.78, 5) is 30.1. The van der Waals surface area contributed by atoms with Gasteiger partial charge in [0.2, 0.25) is 5.82 Å². The highest BCUT2D eigenvalue weighted by atomic mass is 32.1. The van der Waals surface area contributed by atoms with E-state index in [4.69, 9.17) is 4.74 Å². The molecule has 3 heterocycles. The van der Waals surface area contributed by atoms with Crippen molar-refractivity contribution in [3.8, 4) is 22.1 Å². The molecule has 1 unspecified atom stereocenters. The molecule has 1 atom stereocenters. The van der Waals surface area contributed by atoms with Gasteiger partial charge in [0.05, 0.1) is 16.3 Å². The van der Waals surface area contributed by atoms with Crippen LogP contribution in [0.2, 0.25) is 0 Å². The third-order valence-electron chi connectivity index (χ3n) is 4.72. The van der Waals surface area contributed by atoms with Crippen molar-refractivity contribution in [2.24, 2.45) is 0 Å². The Morgan fingerprint density at radius 1 is 1.16 bits per heavy atom. The first kappa shape index (κ1) is 19.0. The Labute approximate surface area is 181 Å². The van der Waals surface area contributed by atoms with Crippen LogP contribution in [-0.4, -0.2) is 32.7 Å². The monoisotopic (exact) mass is 431 g/mol. The van der Waals surface area contributed by atoms with E-state index in [0.29, 0.717) is 22.9 Å². The minimum absolute atomic E-state index is 0.0406. The Hall–Kier alpha value is -3.98. The van der Waals surface area contributed by atoms with Crippen molar-refractivity contribution in [3.63, 3.8) is 0 Å². The summed E-state index contributed by atoms with van der Waals surface area (Å²) < 4.78 is 7.20. The van der Waals surface area contributed by atoms with Crippen LogP contribution >= 0.6 is 11.3 Å². The number of anilines is 2. The fourth-order valence-electron chi connectivity index (χ4n) is 3.20. The molecule has 4 aromatic rings. The van der Waals surface area contributed by atoms with E-state index in [1.54, 1.807) is 29.8 Å². The lowest BCUT2D eigenvalue weighted by atomic mass is 10.2. The molecule has 1 aliphatic rings. The zero-order valence-corrected chi connectivity index (χ0v) is 17.2. The van der Waals surface area contributed by atoms with Gasteiger partial charge in [0.25, 0.3) is 11.8 Å².